The first kappa shape index (κ1) is 14.6. The second-order valence-electron chi connectivity index (χ2n) is 4.68. The first-order valence-electron chi connectivity index (χ1n) is 6.26. The van der Waals surface area contributed by atoms with Crippen molar-refractivity contribution in [1.82, 2.24) is 0 Å². The van der Waals surface area contributed by atoms with Gasteiger partial charge in [-0.1, -0.05) is 0 Å². The van der Waals surface area contributed by atoms with E-state index < -0.39 is 5.97 Å². The highest BCUT2D eigenvalue weighted by Crippen LogP contribution is 2.40. The van der Waals surface area contributed by atoms with Gasteiger partial charge in [-0.15, -0.1) is 11.3 Å². The van der Waals surface area contributed by atoms with Crippen molar-refractivity contribution in [1.29, 1.82) is 5.26 Å². The fraction of sp³-hybridized carbons (Fsp3) is 0.538. The van der Waals surface area contributed by atoms with Crippen LogP contribution >= 0.6 is 11.3 Å². The van der Waals surface area contributed by atoms with Crippen LogP contribution in [0.3, 0.4) is 0 Å². The van der Waals surface area contributed by atoms with Crippen LogP contribution in [0.2, 0.25) is 0 Å². The Labute approximate surface area is 121 Å². The number of rotatable bonds is 4. The van der Waals surface area contributed by atoms with E-state index in [1.165, 1.54) is 18.4 Å². The number of esters is 1. The molecule has 1 saturated heterocycles. The van der Waals surface area contributed by atoms with Crippen molar-refractivity contribution in [2.24, 2.45) is 5.92 Å². The normalized spacial score (nSPS) is 18.1. The Hall–Kier alpha value is -1.78. The quantitative estimate of drug-likeness (QED) is 0.846. The molecular weight excluding hydrogens is 278 g/mol. The van der Waals surface area contributed by atoms with Crippen molar-refractivity contribution >= 4 is 28.0 Å². The average molecular weight is 295 g/mol. The van der Waals surface area contributed by atoms with Gasteiger partial charge in [-0.2, -0.15) is 5.26 Å². The highest BCUT2D eigenvalue weighted by atomic mass is 32.1. The topological polar surface area (TPSA) is 88.6 Å². The number of thiophene rings is 1. The van der Waals surface area contributed by atoms with Gasteiger partial charge < -0.3 is 20.1 Å². The molecule has 1 aromatic heterocycles. The third-order valence-electron chi connectivity index (χ3n) is 3.39. The van der Waals surface area contributed by atoms with Crippen LogP contribution in [0.5, 0.6) is 0 Å². The summed E-state index contributed by atoms with van der Waals surface area (Å²) in [5.41, 5.74) is 6.42. The monoisotopic (exact) mass is 295 g/mol. The lowest BCUT2D eigenvalue weighted by molar-refractivity contribution is 0.0603. The fourth-order valence-corrected chi connectivity index (χ4v) is 3.47. The van der Waals surface area contributed by atoms with E-state index in [-0.39, 0.29) is 5.69 Å². The molecule has 7 heteroatoms. The number of anilines is 2. The van der Waals surface area contributed by atoms with Crippen molar-refractivity contribution in [3.63, 3.8) is 0 Å². The summed E-state index contributed by atoms with van der Waals surface area (Å²) in [6.45, 7) is 2.31. The predicted molar refractivity (Wildman–Crippen MR) is 77.0 cm³/mol. The van der Waals surface area contributed by atoms with Gasteiger partial charge in [-0.05, 0) is 6.42 Å². The minimum Gasteiger partial charge on any atom is -0.465 e. The maximum atomic E-state index is 11.9. The number of nitrogens with two attached hydrogens (primary N) is 1. The summed E-state index contributed by atoms with van der Waals surface area (Å²) < 4.78 is 9.94. The molecule has 1 unspecified atom stereocenters. The van der Waals surface area contributed by atoms with Gasteiger partial charge in [0.05, 0.1) is 19.4 Å². The number of hydrogen-bond acceptors (Lipinski definition) is 7. The summed E-state index contributed by atoms with van der Waals surface area (Å²) in [6, 6.07) is 2.03. The maximum absolute atomic E-state index is 11.9. The molecule has 6 nitrogen and oxygen atoms in total. The number of ether oxygens (including phenoxy) is 2. The first-order chi connectivity index (χ1) is 9.62. The molecule has 1 aromatic rings. The summed E-state index contributed by atoms with van der Waals surface area (Å²) in [5, 5.41) is 9.81. The van der Waals surface area contributed by atoms with Crippen LogP contribution in [0.1, 0.15) is 21.7 Å². The lowest BCUT2D eigenvalue weighted by atomic mass is 10.1. The van der Waals surface area contributed by atoms with Crippen LogP contribution in [0.4, 0.5) is 10.7 Å². The minimum atomic E-state index is -0.495. The van der Waals surface area contributed by atoms with Gasteiger partial charge in [0.2, 0.25) is 0 Å². The molecule has 0 radical (unpaired) electrons. The number of hydrogen-bond donors (Lipinski definition) is 1. The molecule has 2 rings (SSSR count). The van der Waals surface area contributed by atoms with Gasteiger partial charge >= 0.3 is 5.97 Å². The number of nitriles is 1. The minimum absolute atomic E-state index is 0.217. The van der Waals surface area contributed by atoms with Gasteiger partial charge in [0, 0.05) is 26.1 Å². The molecule has 1 atom stereocenters. The second-order valence-corrected chi connectivity index (χ2v) is 5.68. The largest absolute Gasteiger partial charge is 0.465 e. The Morgan fingerprint density at radius 3 is 2.95 bits per heavy atom. The van der Waals surface area contributed by atoms with Gasteiger partial charge in [-0.25, -0.2) is 4.79 Å². The molecule has 2 heterocycles. The Kier molecular flexibility index (Phi) is 4.47. The van der Waals surface area contributed by atoms with Crippen molar-refractivity contribution in [2.75, 3.05) is 44.5 Å². The molecule has 0 spiro atoms. The fourth-order valence-electron chi connectivity index (χ4n) is 2.43. The summed E-state index contributed by atoms with van der Waals surface area (Å²) in [5.74, 6) is -0.0650. The highest BCUT2D eigenvalue weighted by Gasteiger charge is 2.30. The molecule has 0 amide bonds. The second kappa shape index (κ2) is 6.11. The molecule has 108 valence electrons. The molecular formula is C13H17N3O3S. The Balaban J connectivity index is 2.32. The predicted octanol–water partition coefficient (Wildman–Crippen LogP) is 1.46. The van der Waals surface area contributed by atoms with E-state index in [0.29, 0.717) is 23.0 Å². The average Bonchev–Trinajstić information content (AvgIpc) is 3.03. The molecule has 0 aromatic carbocycles. The third-order valence-corrected chi connectivity index (χ3v) is 4.56. The zero-order valence-corrected chi connectivity index (χ0v) is 12.3. The van der Waals surface area contributed by atoms with Crippen LogP contribution in [0, 0.1) is 17.2 Å². The summed E-state index contributed by atoms with van der Waals surface area (Å²) >= 11 is 1.25. The molecule has 0 bridgehead atoms. The van der Waals surface area contributed by atoms with Gasteiger partial charge in [-0.3, -0.25) is 0 Å². The molecule has 0 saturated carbocycles. The Bertz CT molecular complexity index is 550. The molecule has 0 aliphatic carbocycles. The van der Waals surface area contributed by atoms with E-state index in [9.17, 15) is 4.79 Å². The SMILES string of the molecule is COCC1CCN(c2sc(C#N)c(N)c2C(=O)OC)C1. The van der Waals surface area contributed by atoms with Crippen molar-refractivity contribution in [2.45, 2.75) is 6.42 Å². The van der Waals surface area contributed by atoms with E-state index in [1.807, 2.05) is 6.07 Å². The van der Waals surface area contributed by atoms with Crippen LogP contribution in [-0.2, 0) is 9.47 Å². The molecule has 20 heavy (non-hydrogen) atoms. The van der Waals surface area contributed by atoms with Crippen LogP contribution in [0.25, 0.3) is 0 Å². The van der Waals surface area contributed by atoms with Gasteiger partial charge in [0.15, 0.2) is 0 Å². The molecule has 2 N–H and O–H groups in total. The zero-order chi connectivity index (χ0) is 14.7. The highest BCUT2D eigenvalue weighted by molar-refractivity contribution is 7.17. The number of nitrogens with zero attached hydrogens (tertiary/aromatic N) is 2. The summed E-state index contributed by atoms with van der Waals surface area (Å²) in [7, 11) is 2.99. The van der Waals surface area contributed by atoms with Crippen molar-refractivity contribution in [3.05, 3.63) is 10.4 Å². The van der Waals surface area contributed by atoms with Crippen LogP contribution in [0.15, 0.2) is 0 Å². The molecule has 1 aliphatic rings. The van der Waals surface area contributed by atoms with Crippen molar-refractivity contribution < 1.29 is 14.3 Å². The lowest BCUT2D eigenvalue weighted by Gasteiger charge is -2.18. The van der Waals surface area contributed by atoms with E-state index in [4.69, 9.17) is 20.5 Å². The Morgan fingerprint density at radius 1 is 1.60 bits per heavy atom. The smallest absolute Gasteiger partial charge is 0.343 e. The molecule has 1 fully saturated rings. The number of carbonyl (C=O) groups excluding carboxylic acids is 1. The Morgan fingerprint density at radius 2 is 2.35 bits per heavy atom. The number of carbonyl (C=O) groups is 1. The van der Waals surface area contributed by atoms with Gasteiger partial charge in [0.25, 0.3) is 0 Å². The van der Waals surface area contributed by atoms with Gasteiger partial charge in [0.1, 0.15) is 21.5 Å². The van der Waals surface area contributed by atoms with Crippen LogP contribution < -0.4 is 10.6 Å². The zero-order valence-electron chi connectivity index (χ0n) is 11.5. The van der Waals surface area contributed by atoms with E-state index in [0.717, 1.165) is 24.5 Å². The summed E-state index contributed by atoms with van der Waals surface area (Å²) in [6.07, 6.45) is 0.994. The number of nitrogen functional groups attached to an aromatic ring is 1. The number of methoxy groups -OCH3 is 2. The first-order valence-corrected chi connectivity index (χ1v) is 7.08. The lowest BCUT2D eigenvalue weighted by Crippen LogP contribution is -2.22. The standard InChI is InChI=1S/C13H17N3O3S/c1-18-7-8-3-4-16(6-8)12-10(13(17)19-2)11(15)9(5-14)20-12/h8H,3-4,6-7,15H2,1-2H3. The van der Waals surface area contributed by atoms with E-state index in [1.54, 1.807) is 7.11 Å². The third kappa shape index (κ3) is 2.57. The van der Waals surface area contributed by atoms with E-state index >= 15 is 0 Å². The maximum Gasteiger partial charge on any atom is 0.343 e. The summed E-state index contributed by atoms with van der Waals surface area (Å²) in [4.78, 5) is 14.3. The molecule has 1 aliphatic heterocycles. The van der Waals surface area contributed by atoms with E-state index in [2.05, 4.69) is 4.90 Å². The van der Waals surface area contributed by atoms with Crippen LogP contribution in [-0.4, -0.2) is 39.9 Å². The van der Waals surface area contributed by atoms with Crippen molar-refractivity contribution in [3.8, 4) is 6.07 Å².